The Hall–Kier alpha value is -2.08. The van der Waals surface area contributed by atoms with Crippen molar-refractivity contribution in [3.8, 4) is 11.3 Å². The van der Waals surface area contributed by atoms with Crippen LogP contribution in [0.3, 0.4) is 0 Å². The van der Waals surface area contributed by atoms with E-state index in [0.717, 1.165) is 32.8 Å². The maximum Gasteiger partial charge on any atom is 0.212 e. The second-order valence-electron chi connectivity index (χ2n) is 5.40. The largest absolute Gasteiger partial charge is 0.212 e. The predicted molar refractivity (Wildman–Crippen MR) is 102 cm³/mol. The molecule has 0 fully saturated rings. The number of nitrogens with zero attached hydrogens (tertiary/aromatic N) is 4. The number of benzene rings is 2. The Morgan fingerprint density at radius 2 is 1.72 bits per heavy atom. The molecule has 0 N–H and O–H groups in total. The fraction of sp³-hybridized carbons (Fsp3) is 0.0556. The molecule has 0 aliphatic heterocycles. The third-order valence-electron chi connectivity index (χ3n) is 3.63. The van der Waals surface area contributed by atoms with Crippen molar-refractivity contribution in [1.82, 2.24) is 19.8 Å². The Balaban J connectivity index is 1.63. The molecular weight excluding hydrogens is 375 g/mol. The lowest BCUT2D eigenvalue weighted by molar-refractivity contribution is 0.813. The monoisotopic (exact) mass is 386 g/mol. The van der Waals surface area contributed by atoms with Crippen molar-refractivity contribution in [2.75, 3.05) is 0 Å². The van der Waals surface area contributed by atoms with E-state index in [1.165, 1.54) is 0 Å². The van der Waals surface area contributed by atoms with Crippen molar-refractivity contribution in [2.24, 2.45) is 0 Å². The number of hydrogen-bond acceptors (Lipinski definition) is 4. The summed E-state index contributed by atoms with van der Waals surface area (Å²) >= 11 is 13.6. The lowest BCUT2D eigenvalue weighted by atomic mass is 10.1. The SMILES string of the molecule is Clc1ccc(-c2ccc3nnc(SCc4cccc(Cl)c4)n3n2)cc1. The molecule has 4 aromatic rings. The van der Waals surface area contributed by atoms with Gasteiger partial charge in [0.15, 0.2) is 5.65 Å². The van der Waals surface area contributed by atoms with Gasteiger partial charge in [-0.2, -0.15) is 9.61 Å². The van der Waals surface area contributed by atoms with Gasteiger partial charge in [0.2, 0.25) is 5.16 Å². The molecule has 0 saturated heterocycles. The molecule has 124 valence electrons. The number of thioether (sulfide) groups is 1. The van der Waals surface area contributed by atoms with E-state index in [9.17, 15) is 0 Å². The van der Waals surface area contributed by atoms with Gasteiger partial charge in [-0.25, -0.2) is 0 Å². The van der Waals surface area contributed by atoms with Crippen LogP contribution in [0, 0.1) is 0 Å². The number of halogens is 2. The average molecular weight is 387 g/mol. The molecule has 2 heterocycles. The minimum Gasteiger partial charge on any atom is -0.187 e. The summed E-state index contributed by atoms with van der Waals surface area (Å²) in [6, 6.07) is 19.2. The van der Waals surface area contributed by atoms with Gasteiger partial charge in [-0.1, -0.05) is 59.2 Å². The molecule has 0 spiro atoms. The molecule has 25 heavy (non-hydrogen) atoms. The predicted octanol–water partition coefficient (Wildman–Crippen LogP) is 5.39. The third kappa shape index (κ3) is 3.63. The summed E-state index contributed by atoms with van der Waals surface area (Å²) in [5.74, 6) is 0.744. The van der Waals surface area contributed by atoms with Crippen molar-refractivity contribution in [3.05, 3.63) is 76.3 Å². The number of aromatic nitrogens is 4. The molecule has 0 radical (unpaired) electrons. The topological polar surface area (TPSA) is 43.1 Å². The summed E-state index contributed by atoms with van der Waals surface area (Å²) in [7, 11) is 0. The number of fused-ring (bicyclic) bond motifs is 1. The van der Waals surface area contributed by atoms with Crippen LogP contribution in [-0.2, 0) is 5.75 Å². The Morgan fingerprint density at radius 1 is 0.880 bits per heavy atom. The van der Waals surface area contributed by atoms with E-state index in [1.807, 2.05) is 60.7 Å². The maximum absolute atomic E-state index is 6.04. The van der Waals surface area contributed by atoms with Crippen LogP contribution in [0.25, 0.3) is 16.9 Å². The van der Waals surface area contributed by atoms with E-state index in [-0.39, 0.29) is 0 Å². The number of hydrogen-bond donors (Lipinski definition) is 0. The van der Waals surface area contributed by atoms with Gasteiger partial charge in [-0.15, -0.1) is 10.2 Å². The first-order valence-corrected chi connectivity index (χ1v) is 9.29. The molecule has 0 aliphatic carbocycles. The fourth-order valence-electron chi connectivity index (χ4n) is 2.41. The molecule has 0 unspecified atom stereocenters. The van der Waals surface area contributed by atoms with Crippen molar-refractivity contribution < 1.29 is 0 Å². The first-order valence-electron chi connectivity index (χ1n) is 7.55. The summed E-state index contributed by atoms with van der Waals surface area (Å²) in [4.78, 5) is 0. The molecule has 2 aromatic heterocycles. The molecule has 0 atom stereocenters. The quantitative estimate of drug-likeness (QED) is 0.441. The summed E-state index contributed by atoms with van der Waals surface area (Å²) in [6.07, 6.45) is 0. The van der Waals surface area contributed by atoms with E-state index in [4.69, 9.17) is 23.2 Å². The van der Waals surface area contributed by atoms with Crippen molar-refractivity contribution in [1.29, 1.82) is 0 Å². The first kappa shape index (κ1) is 16.4. The van der Waals surface area contributed by atoms with E-state index in [1.54, 1.807) is 16.3 Å². The zero-order chi connectivity index (χ0) is 17.2. The van der Waals surface area contributed by atoms with Crippen molar-refractivity contribution in [3.63, 3.8) is 0 Å². The van der Waals surface area contributed by atoms with Gasteiger partial charge in [0.1, 0.15) is 0 Å². The second-order valence-corrected chi connectivity index (χ2v) is 7.21. The Labute approximate surface area is 158 Å². The van der Waals surface area contributed by atoms with Gasteiger partial charge in [-0.3, -0.25) is 0 Å². The van der Waals surface area contributed by atoms with E-state index in [2.05, 4.69) is 15.3 Å². The molecule has 0 saturated carbocycles. The van der Waals surface area contributed by atoms with E-state index in [0.29, 0.717) is 10.7 Å². The molecule has 4 nitrogen and oxygen atoms in total. The third-order valence-corrected chi connectivity index (χ3v) is 5.11. The second kappa shape index (κ2) is 7.04. The smallest absolute Gasteiger partial charge is 0.187 e. The summed E-state index contributed by atoms with van der Waals surface area (Å²) in [5, 5.41) is 15.3. The van der Waals surface area contributed by atoms with Crippen LogP contribution >= 0.6 is 35.0 Å². The van der Waals surface area contributed by atoms with Crippen LogP contribution < -0.4 is 0 Å². The first-order chi connectivity index (χ1) is 12.2. The van der Waals surface area contributed by atoms with E-state index >= 15 is 0 Å². The van der Waals surface area contributed by atoms with Crippen LogP contribution in [0.2, 0.25) is 10.0 Å². The van der Waals surface area contributed by atoms with Gasteiger partial charge in [-0.05, 0) is 42.0 Å². The normalized spacial score (nSPS) is 11.1. The highest BCUT2D eigenvalue weighted by atomic mass is 35.5. The van der Waals surface area contributed by atoms with Crippen LogP contribution in [0.5, 0.6) is 0 Å². The van der Waals surface area contributed by atoms with Gasteiger partial charge in [0.05, 0.1) is 5.69 Å². The molecule has 0 aliphatic rings. The highest BCUT2D eigenvalue weighted by Gasteiger charge is 2.10. The lowest BCUT2D eigenvalue weighted by Crippen LogP contribution is -1.96. The molecule has 2 aromatic carbocycles. The molecule has 4 rings (SSSR count). The molecule has 0 bridgehead atoms. The Kier molecular flexibility index (Phi) is 4.61. The molecular formula is C18H12Cl2N4S. The summed E-state index contributed by atoms with van der Waals surface area (Å²) in [6.45, 7) is 0. The van der Waals surface area contributed by atoms with Crippen LogP contribution in [0.4, 0.5) is 0 Å². The van der Waals surface area contributed by atoms with E-state index < -0.39 is 0 Å². The van der Waals surface area contributed by atoms with Crippen LogP contribution in [0.1, 0.15) is 5.56 Å². The van der Waals surface area contributed by atoms with Gasteiger partial charge >= 0.3 is 0 Å². The summed E-state index contributed by atoms with van der Waals surface area (Å²) < 4.78 is 1.76. The molecule has 0 amide bonds. The van der Waals surface area contributed by atoms with Crippen LogP contribution in [0.15, 0.2) is 65.8 Å². The van der Waals surface area contributed by atoms with Gasteiger partial charge in [0, 0.05) is 21.4 Å². The Morgan fingerprint density at radius 3 is 2.52 bits per heavy atom. The average Bonchev–Trinajstić information content (AvgIpc) is 3.03. The lowest BCUT2D eigenvalue weighted by Gasteiger charge is -2.04. The number of rotatable bonds is 4. The van der Waals surface area contributed by atoms with Gasteiger partial charge in [0.25, 0.3) is 0 Å². The highest BCUT2D eigenvalue weighted by Crippen LogP contribution is 2.25. The standard InChI is InChI=1S/C18H12Cl2N4S/c19-14-6-4-13(5-7-14)16-8-9-17-21-22-18(24(17)23-16)25-11-12-2-1-3-15(20)10-12/h1-10H,11H2. The Bertz CT molecular complexity index is 1030. The van der Waals surface area contributed by atoms with Gasteiger partial charge < -0.3 is 0 Å². The fourth-order valence-corrected chi connectivity index (χ4v) is 3.58. The molecule has 7 heteroatoms. The minimum atomic E-state index is 0.701. The van der Waals surface area contributed by atoms with Crippen molar-refractivity contribution in [2.45, 2.75) is 10.9 Å². The van der Waals surface area contributed by atoms with Crippen molar-refractivity contribution >= 4 is 40.6 Å². The zero-order valence-corrected chi connectivity index (χ0v) is 15.3. The minimum absolute atomic E-state index is 0.701. The maximum atomic E-state index is 6.04. The summed E-state index contributed by atoms with van der Waals surface area (Å²) in [5.41, 5.74) is 3.67. The zero-order valence-electron chi connectivity index (χ0n) is 12.9. The van der Waals surface area contributed by atoms with Crippen LogP contribution in [-0.4, -0.2) is 19.8 Å². The highest BCUT2D eigenvalue weighted by molar-refractivity contribution is 7.98.